The van der Waals surface area contributed by atoms with E-state index >= 15 is 0 Å². The average molecular weight is 205 g/mol. The molecule has 1 rings (SSSR count). The second-order valence-electron chi connectivity index (χ2n) is 3.27. The van der Waals surface area contributed by atoms with Crippen molar-refractivity contribution in [3.63, 3.8) is 0 Å². The van der Waals surface area contributed by atoms with Gasteiger partial charge in [0.15, 0.2) is 0 Å². The molecular formula is C11H15N3O. The first-order valence-corrected chi connectivity index (χ1v) is 4.89. The summed E-state index contributed by atoms with van der Waals surface area (Å²) in [6.07, 6.45) is 0.0867. The molecule has 4 heteroatoms. The fourth-order valence-corrected chi connectivity index (χ4v) is 1.26. The number of aliphatic hydroxyl groups excluding tert-OH is 1. The number of para-hydroxylation sites is 1. The monoisotopic (exact) mass is 205 g/mol. The third-order valence-corrected chi connectivity index (χ3v) is 2.08. The highest BCUT2D eigenvalue weighted by Gasteiger charge is 2.04. The van der Waals surface area contributed by atoms with Crippen molar-refractivity contribution in [3.8, 4) is 6.07 Å². The molecule has 0 aliphatic carbocycles. The largest absolute Gasteiger partial charge is 0.391 e. The SMILES string of the molecule is N#Cc1ccccc1NCC(O)CCN. The summed E-state index contributed by atoms with van der Waals surface area (Å²) in [5, 5.41) is 21.3. The fraction of sp³-hybridized carbons (Fsp3) is 0.364. The zero-order valence-corrected chi connectivity index (χ0v) is 8.48. The molecule has 0 bridgehead atoms. The van der Waals surface area contributed by atoms with Crippen LogP contribution < -0.4 is 11.1 Å². The number of rotatable bonds is 5. The minimum atomic E-state index is -0.471. The van der Waals surface area contributed by atoms with Crippen LogP contribution in [0.4, 0.5) is 5.69 Å². The van der Waals surface area contributed by atoms with E-state index in [1.54, 1.807) is 12.1 Å². The summed E-state index contributed by atoms with van der Waals surface area (Å²) in [5.74, 6) is 0. The van der Waals surface area contributed by atoms with Gasteiger partial charge in [-0.05, 0) is 25.1 Å². The molecule has 4 N–H and O–H groups in total. The van der Waals surface area contributed by atoms with Crippen LogP contribution in [0.15, 0.2) is 24.3 Å². The van der Waals surface area contributed by atoms with E-state index < -0.39 is 6.10 Å². The van der Waals surface area contributed by atoms with Crippen molar-refractivity contribution in [1.82, 2.24) is 0 Å². The lowest BCUT2D eigenvalue weighted by Crippen LogP contribution is -2.22. The van der Waals surface area contributed by atoms with Gasteiger partial charge < -0.3 is 16.2 Å². The van der Waals surface area contributed by atoms with Gasteiger partial charge in [-0.1, -0.05) is 12.1 Å². The number of benzene rings is 1. The maximum absolute atomic E-state index is 9.45. The summed E-state index contributed by atoms with van der Waals surface area (Å²) >= 11 is 0. The quantitative estimate of drug-likeness (QED) is 0.660. The molecule has 0 aromatic heterocycles. The second kappa shape index (κ2) is 6.02. The van der Waals surface area contributed by atoms with Crippen molar-refractivity contribution in [2.24, 2.45) is 5.73 Å². The van der Waals surface area contributed by atoms with Crippen LogP contribution in [0, 0.1) is 11.3 Å². The number of aliphatic hydroxyl groups is 1. The van der Waals surface area contributed by atoms with Crippen LogP contribution in [0.1, 0.15) is 12.0 Å². The van der Waals surface area contributed by atoms with E-state index in [4.69, 9.17) is 11.0 Å². The highest BCUT2D eigenvalue weighted by molar-refractivity contribution is 5.57. The van der Waals surface area contributed by atoms with E-state index in [-0.39, 0.29) is 0 Å². The van der Waals surface area contributed by atoms with Gasteiger partial charge in [0, 0.05) is 6.54 Å². The molecule has 0 amide bonds. The Bertz CT molecular complexity index is 346. The Kier molecular flexibility index (Phi) is 4.61. The first-order chi connectivity index (χ1) is 7.27. The van der Waals surface area contributed by atoms with Crippen LogP contribution in [0.2, 0.25) is 0 Å². The predicted octanol–water partition coefficient (Wildman–Crippen LogP) is 0.680. The average Bonchev–Trinajstić information content (AvgIpc) is 2.27. The van der Waals surface area contributed by atoms with Crippen LogP contribution in [-0.4, -0.2) is 24.3 Å². The predicted molar refractivity (Wildman–Crippen MR) is 59.3 cm³/mol. The second-order valence-corrected chi connectivity index (χ2v) is 3.27. The number of nitrogens with one attached hydrogen (secondary N) is 1. The van der Waals surface area contributed by atoms with Crippen molar-refractivity contribution >= 4 is 5.69 Å². The Morgan fingerprint density at radius 1 is 1.47 bits per heavy atom. The highest BCUT2D eigenvalue weighted by atomic mass is 16.3. The van der Waals surface area contributed by atoms with Gasteiger partial charge in [0.2, 0.25) is 0 Å². The Labute approximate surface area is 89.3 Å². The van der Waals surface area contributed by atoms with Crippen LogP contribution >= 0.6 is 0 Å². The number of anilines is 1. The van der Waals surface area contributed by atoms with Gasteiger partial charge in [-0.3, -0.25) is 0 Å². The lowest BCUT2D eigenvalue weighted by Gasteiger charge is -2.12. The molecule has 1 aromatic rings. The van der Waals surface area contributed by atoms with Gasteiger partial charge >= 0.3 is 0 Å². The molecule has 0 spiro atoms. The van der Waals surface area contributed by atoms with Crippen molar-refractivity contribution in [3.05, 3.63) is 29.8 Å². The number of hydrogen-bond acceptors (Lipinski definition) is 4. The van der Waals surface area contributed by atoms with E-state index in [1.807, 2.05) is 12.1 Å². The van der Waals surface area contributed by atoms with Crippen molar-refractivity contribution in [2.45, 2.75) is 12.5 Å². The molecule has 0 aliphatic rings. The standard InChI is InChI=1S/C11H15N3O/c12-6-5-10(15)8-14-11-4-2-1-3-9(11)7-13/h1-4,10,14-15H,5-6,8,12H2. The highest BCUT2D eigenvalue weighted by Crippen LogP contribution is 2.13. The minimum absolute atomic E-state index is 0.413. The van der Waals surface area contributed by atoms with Crippen molar-refractivity contribution in [2.75, 3.05) is 18.4 Å². The summed E-state index contributed by atoms with van der Waals surface area (Å²) in [5.41, 5.74) is 6.64. The Balaban J connectivity index is 2.54. The molecule has 1 atom stereocenters. The number of nitriles is 1. The summed E-state index contributed by atoms with van der Waals surface area (Å²) in [6.45, 7) is 0.874. The van der Waals surface area contributed by atoms with Gasteiger partial charge in [0.05, 0.1) is 17.4 Å². The van der Waals surface area contributed by atoms with Gasteiger partial charge in [0.1, 0.15) is 6.07 Å². The van der Waals surface area contributed by atoms with Gasteiger partial charge in [-0.2, -0.15) is 5.26 Å². The Morgan fingerprint density at radius 3 is 2.87 bits per heavy atom. The topological polar surface area (TPSA) is 82.1 Å². The number of hydrogen-bond donors (Lipinski definition) is 3. The number of nitrogens with zero attached hydrogens (tertiary/aromatic N) is 1. The summed E-state index contributed by atoms with van der Waals surface area (Å²) in [6, 6.07) is 9.28. The van der Waals surface area contributed by atoms with Crippen LogP contribution in [0.25, 0.3) is 0 Å². The Hall–Kier alpha value is -1.57. The zero-order chi connectivity index (χ0) is 11.1. The molecule has 0 saturated carbocycles. The first-order valence-electron chi connectivity index (χ1n) is 4.89. The van der Waals surface area contributed by atoms with Gasteiger partial charge in [-0.25, -0.2) is 0 Å². The molecule has 0 heterocycles. The first kappa shape index (κ1) is 11.5. The molecule has 0 aliphatic heterocycles. The molecule has 1 aromatic carbocycles. The molecule has 0 fully saturated rings. The van der Waals surface area contributed by atoms with E-state index in [0.717, 1.165) is 5.69 Å². The van der Waals surface area contributed by atoms with Crippen molar-refractivity contribution in [1.29, 1.82) is 5.26 Å². The lowest BCUT2D eigenvalue weighted by atomic mass is 10.2. The molecule has 80 valence electrons. The van der Waals surface area contributed by atoms with Gasteiger partial charge in [0.25, 0.3) is 0 Å². The van der Waals surface area contributed by atoms with Crippen molar-refractivity contribution < 1.29 is 5.11 Å². The minimum Gasteiger partial charge on any atom is -0.391 e. The van der Waals surface area contributed by atoms with E-state index in [0.29, 0.717) is 25.1 Å². The summed E-state index contributed by atoms with van der Waals surface area (Å²) < 4.78 is 0. The van der Waals surface area contributed by atoms with Gasteiger partial charge in [-0.15, -0.1) is 0 Å². The van der Waals surface area contributed by atoms with E-state index in [2.05, 4.69) is 11.4 Å². The third-order valence-electron chi connectivity index (χ3n) is 2.08. The maximum Gasteiger partial charge on any atom is 0.101 e. The lowest BCUT2D eigenvalue weighted by molar-refractivity contribution is 0.180. The molecule has 15 heavy (non-hydrogen) atoms. The summed E-state index contributed by atoms with van der Waals surface area (Å²) in [4.78, 5) is 0. The molecule has 1 unspecified atom stereocenters. The van der Waals surface area contributed by atoms with Crippen LogP contribution in [-0.2, 0) is 0 Å². The van der Waals surface area contributed by atoms with Crippen LogP contribution in [0.5, 0.6) is 0 Å². The third kappa shape index (κ3) is 3.58. The fourth-order valence-electron chi connectivity index (χ4n) is 1.26. The number of nitrogens with two attached hydrogens (primary N) is 1. The van der Waals surface area contributed by atoms with Crippen LogP contribution in [0.3, 0.4) is 0 Å². The smallest absolute Gasteiger partial charge is 0.101 e. The molecule has 0 saturated heterocycles. The summed E-state index contributed by atoms with van der Waals surface area (Å²) in [7, 11) is 0. The van der Waals surface area contributed by atoms with E-state index in [1.165, 1.54) is 0 Å². The zero-order valence-electron chi connectivity index (χ0n) is 8.48. The molecule has 4 nitrogen and oxygen atoms in total. The maximum atomic E-state index is 9.45. The molecule has 0 radical (unpaired) electrons. The molecular weight excluding hydrogens is 190 g/mol. The normalized spacial score (nSPS) is 11.8. The Morgan fingerprint density at radius 2 is 2.20 bits per heavy atom. The van der Waals surface area contributed by atoms with E-state index in [9.17, 15) is 5.11 Å².